The first-order valence-corrected chi connectivity index (χ1v) is 7.93. The van der Waals surface area contributed by atoms with Crippen LogP contribution in [0.5, 0.6) is 0 Å². The van der Waals surface area contributed by atoms with E-state index in [2.05, 4.69) is 24.0 Å². The summed E-state index contributed by atoms with van der Waals surface area (Å²) in [6.45, 7) is 2.82. The zero-order chi connectivity index (χ0) is 13.9. The van der Waals surface area contributed by atoms with Gasteiger partial charge in [-0.2, -0.15) is 0 Å². The smallest absolute Gasteiger partial charge is 0.273 e. The molecule has 1 saturated carbocycles. The average Bonchev–Trinajstić information content (AvgIpc) is 3.19. The van der Waals surface area contributed by atoms with Crippen LogP contribution < -0.4 is 0 Å². The Morgan fingerprint density at radius 2 is 2.15 bits per heavy atom. The highest BCUT2D eigenvalue weighted by atomic mass is 32.1. The van der Waals surface area contributed by atoms with Crippen LogP contribution >= 0.6 is 11.3 Å². The molecule has 104 valence electrons. The summed E-state index contributed by atoms with van der Waals surface area (Å²) in [7, 11) is 0. The Morgan fingerprint density at radius 1 is 1.40 bits per heavy atom. The van der Waals surface area contributed by atoms with Crippen molar-refractivity contribution in [1.29, 1.82) is 0 Å². The maximum atomic E-state index is 12.7. The molecule has 1 heterocycles. The average molecular weight is 286 g/mol. The number of amides is 1. The number of benzene rings is 1. The van der Waals surface area contributed by atoms with Crippen LogP contribution in [0.2, 0.25) is 0 Å². The fourth-order valence-electron chi connectivity index (χ4n) is 2.48. The normalized spacial score (nSPS) is 15.8. The number of hydrogen-bond donors (Lipinski definition) is 0. The highest BCUT2D eigenvalue weighted by molar-refractivity contribution is 7.07. The third kappa shape index (κ3) is 2.90. The van der Waals surface area contributed by atoms with Gasteiger partial charge in [-0.25, -0.2) is 4.98 Å². The van der Waals surface area contributed by atoms with E-state index in [0.717, 1.165) is 0 Å². The predicted octanol–water partition coefficient (Wildman–Crippen LogP) is 3.58. The predicted molar refractivity (Wildman–Crippen MR) is 80.6 cm³/mol. The van der Waals surface area contributed by atoms with Gasteiger partial charge in [0, 0.05) is 18.0 Å². The minimum atomic E-state index is 0.0505. The number of aromatic nitrogens is 1. The van der Waals surface area contributed by atoms with Crippen LogP contribution in [0.25, 0.3) is 0 Å². The van der Waals surface area contributed by atoms with Gasteiger partial charge in [0.25, 0.3) is 5.91 Å². The van der Waals surface area contributed by atoms with Crippen LogP contribution in [-0.2, 0) is 6.54 Å². The summed E-state index contributed by atoms with van der Waals surface area (Å²) in [5.74, 6) is 0.704. The Hall–Kier alpha value is -1.68. The molecule has 3 rings (SSSR count). The molecular formula is C16H18N2OS. The number of thiazole rings is 1. The summed E-state index contributed by atoms with van der Waals surface area (Å²) < 4.78 is 0. The Bertz CT molecular complexity index is 563. The number of rotatable bonds is 5. The zero-order valence-corrected chi connectivity index (χ0v) is 12.3. The van der Waals surface area contributed by atoms with E-state index < -0.39 is 0 Å². The molecule has 1 aliphatic carbocycles. The molecule has 1 aromatic heterocycles. The number of hydrogen-bond acceptors (Lipinski definition) is 3. The first-order chi connectivity index (χ1) is 9.75. The molecule has 1 aliphatic rings. The Balaban J connectivity index is 1.82. The summed E-state index contributed by atoms with van der Waals surface area (Å²) in [6, 6.07) is 10.5. The Labute approximate surface area is 123 Å². The third-order valence-electron chi connectivity index (χ3n) is 3.90. The van der Waals surface area contributed by atoms with Crippen molar-refractivity contribution in [2.75, 3.05) is 0 Å². The van der Waals surface area contributed by atoms with Crippen LogP contribution in [0.15, 0.2) is 41.2 Å². The Kier molecular flexibility index (Phi) is 3.83. The lowest BCUT2D eigenvalue weighted by atomic mass is 10.1. The van der Waals surface area contributed by atoms with E-state index in [4.69, 9.17) is 0 Å². The highest BCUT2D eigenvalue weighted by Gasteiger charge is 2.35. The molecule has 20 heavy (non-hydrogen) atoms. The topological polar surface area (TPSA) is 33.2 Å². The van der Waals surface area contributed by atoms with E-state index in [1.54, 1.807) is 5.51 Å². The van der Waals surface area contributed by atoms with Crippen molar-refractivity contribution in [3.63, 3.8) is 0 Å². The molecule has 1 amide bonds. The first kappa shape index (κ1) is 13.3. The van der Waals surface area contributed by atoms with Crippen molar-refractivity contribution in [2.24, 2.45) is 5.92 Å². The molecule has 0 radical (unpaired) electrons. The fraction of sp³-hybridized carbons (Fsp3) is 0.375. The van der Waals surface area contributed by atoms with Crippen molar-refractivity contribution in [2.45, 2.75) is 32.4 Å². The molecule has 0 N–H and O–H groups in total. The quantitative estimate of drug-likeness (QED) is 0.841. The second-order valence-electron chi connectivity index (χ2n) is 5.37. The molecule has 1 unspecified atom stereocenters. The van der Waals surface area contributed by atoms with Gasteiger partial charge in [0.05, 0.1) is 5.51 Å². The molecule has 3 nitrogen and oxygen atoms in total. The molecule has 1 atom stereocenters. The molecule has 0 aliphatic heterocycles. The van der Waals surface area contributed by atoms with Gasteiger partial charge in [0.1, 0.15) is 5.69 Å². The van der Waals surface area contributed by atoms with Gasteiger partial charge in [-0.15, -0.1) is 11.3 Å². The molecular weight excluding hydrogens is 268 g/mol. The van der Waals surface area contributed by atoms with Crippen LogP contribution in [0, 0.1) is 5.92 Å². The maximum absolute atomic E-state index is 12.7. The highest BCUT2D eigenvalue weighted by Crippen LogP contribution is 2.36. The fourth-order valence-corrected chi connectivity index (χ4v) is 3.01. The number of nitrogens with zero attached hydrogens (tertiary/aromatic N) is 2. The maximum Gasteiger partial charge on any atom is 0.273 e. The second kappa shape index (κ2) is 5.75. The van der Waals surface area contributed by atoms with Crippen LogP contribution in [0.1, 0.15) is 35.8 Å². The van der Waals surface area contributed by atoms with Crippen LogP contribution in [0.3, 0.4) is 0 Å². The van der Waals surface area contributed by atoms with E-state index in [1.807, 2.05) is 28.5 Å². The van der Waals surface area contributed by atoms with Crippen LogP contribution in [0.4, 0.5) is 0 Å². The molecule has 2 aromatic rings. The van der Waals surface area contributed by atoms with Crippen LogP contribution in [-0.4, -0.2) is 21.8 Å². The Morgan fingerprint density at radius 3 is 2.75 bits per heavy atom. The minimum absolute atomic E-state index is 0.0505. The molecule has 1 fully saturated rings. The number of carbonyl (C=O) groups is 1. The van der Waals surface area contributed by atoms with E-state index in [-0.39, 0.29) is 11.9 Å². The summed E-state index contributed by atoms with van der Waals surface area (Å²) in [4.78, 5) is 18.8. The summed E-state index contributed by atoms with van der Waals surface area (Å²) >= 11 is 1.47. The lowest BCUT2D eigenvalue weighted by Gasteiger charge is -2.29. The third-order valence-corrected chi connectivity index (χ3v) is 4.49. The molecule has 0 spiro atoms. The summed E-state index contributed by atoms with van der Waals surface area (Å²) in [5, 5.41) is 1.83. The van der Waals surface area contributed by atoms with Gasteiger partial charge in [0.15, 0.2) is 0 Å². The summed E-state index contributed by atoms with van der Waals surface area (Å²) in [6.07, 6.45) is 2.47. The van der Waals surface area contributed by atoms with Crippen molar-refractivity contribution in [1.82, 2.24) is 9.88 Å². The number of carbonyl (C=O) groups excluding carboxylic acids is 1. The monoisotopic (exact) mass is 286 g/mol. The lowest BCUT2D eigenvalue weighted by Crippen LogP contribution is -2.39. The van der Waals surface area contributed by atoms with E-state index in [1.165, 1.54) is 29.7 Å². The molecule has 0 bridgehead atoms. The van der Waals surface area contributed by atoms with E-state index in [0.29, 0.717) is 18.2 Å². The van der Waals surface area contributed by atoms with Gasteiger partial charge in [0.2, 0.25) is 0 Å². The first-order valence-electron chi connectivity index (χ1n) is 6.99. The summed E-state index contributed by atoms with van der Waals surface area (Å²) in [5.41, 5.74) is 3.46. The van der Waals surface area contributed by atoms with E-state index >= 15 is 0 Å². The van der Waals surface area contributed by atoms with E-state index in [9.17, 15) is 4.79 Å². The lowest BCUT2D eigenvalue weighted by molar-refractivity contribution is 0.0649. The zero-order valence-electron chi connectivity index (χ0n) is 11.5. The van der Waals surface area contributed by atoms with Gasteiger partial charge in [-0.3, -0.25) is 4.79 Å². The molecule has 0 saturated heterocycles. The SMILES string of the molecule is CC(C1CC1)N(Cc1ccccc1)C(=O)c1cscn1. The standard InChI is InChI=1S/C16H18N2OS/c1-12(14-7-8-14)18(9-13-5-3-2-4-6-13)16(19)15-10-20-11-17-15/h2-6,10-12,14H,7-9H2,1H3. The van der Waals surface area contributed by atoms with Crippen molar-refractivity contribution < 1.29 is 4.79 Å². The largest absolute Gasteiger partial charge is 0.330 e. The van der Waals surface area contributed by atoms with Gasteiger partial charge in [-0.05, 0) is 31.2 Å². The van der Waals surface area contributed by atoms with Gasteiger partial charge in [-0.1, -0.05) is 30.3 Å². The minimum Gasteiger partial charge on any atom is -0.330 e. The molecule has 4 heteroatoms. The van der Waals surface area contributed by atoms with Crippen molar-refractivity contribution >= 4 is 17.2 Å². The van der Waals surface area contributed by atoms with Gasteiger partial charge >= 0.3 is 0 Å². The van der Waals surface area contributed by atoms with Crippen molar-refractivity contribution in [3.8, 4) is 0 Å². The second-order valence-corrected chi connectivity index (χ2v) is 6.09. The van der Waals surface area contributed by atoms with Gasteiger partial charge < -0.3 is 4.90 Å². The molecule has 1 aromatic carbocycles. The van der Waals surface area contributed by atoms with Crippen molar-refractivity contribution in [3.05, 3.63) is 52.5 Å².